The van der Waals surface area contributed by atoms with Gasteiger partial charge in [-0.15, -0.1) is 0 Å². The Bertz CT molecular complexity index is 847. The Kier molecular flexibility index (Phi) is 4.14. The van der Waals surface area contributed by atoms with Gasteiger partial charge in [-0.05, 0) is 65.2 Å². The predicted octanol–water partition coefficient (Wildman–Crippen LogP) is 5.55. The molecule has 1 aliphatic rings. The Balaban J connectivity index is 2.16. The van der Waals surface area contributed by atoms with Crippen LogP contribution in [0.2, 0.25) is 5.02 Å². The number of fused-ring (bicyclic) bond motifs is 1. The van der Waals surface area contributed by atoms with Crippen LogP contribution in [0.15, 0.2) is 38.2 Å². The summed E-state index contributed by atoms with van der Waals surface area (Å²) in [4.78, 5) is 16.8. The van der Waals surface area contributed by atoms with Gasteiger partial charge in [0.1, 0.15) is 5.71 Å². The van der Waals surface area contributed by atoms with Crippen LogP contribution in [-0.4, -0.2) is 11.6 Å². The molecule has 0 fully saturated rings. The van der Waals surface area contributed by atoms with Gasteiger partial charge >= 0.3 is 0 Å². The minimum Gasteiger partial charge on any atom is -0.320 e. The number of aliphatic imine (C=N–C) groups is 1. The summed E-state index contributed by atoms with van der Waals surface area (Å²) in [5.41, 5.74) is 4.52. The first-order valence-electron chi connectivity index (χ1n) is 6.53. The molecule has 0 radical (unpaired) electrons. The normalized spacial score (nSPS) is 15.1. The van der Waals surface area contributed by atoms with Gasteiger partial charge in [-0.1, -0.05) is 27.5 Å². The van der Waals surface area contributed by atoms with Gasteiger partial charge in [-0.2, -0.15) is 0 Å². The van der Waals surface area contributed by atoms with E-state index in [1.165, 1.54) is 0 Å². The third-order valence-electron chi connectivity index (χ3n) is 3.55. The van der Waals surface area contributed by atoms with E-state index in [4.69, 9.17) is 11.6 Å². The van der Waals surface area contributed by atoms with E-state index in [-0.39, 0.29) is 5.91 Å². The van der Waals surface area contributed by atoms with E-state index in [2.05, 4.69) is 42.2 Å². The number of carbonyl (C=O) groups excluding carboxylic acids is 1. The Morgan fingerprint density at radius 1 is 1.14 bits per heavy atom. The number of anilines is 1. The van der Waals surface area contributed by atoms with Gasteiger partial charge in [0, 0.05) is 14.5 Å². The highest BCUT2D eigenvalue weighted by molar-refractivity contribution is 9.10. The molecule has 1 amide bonds. The van der Waals surface area contributed by atoms with Crippen molar-refractivity contribution < 1.29 is 4.79 Å². The highest BCUT2D eigenvalue weighted by atomic mass is 79.9. The summed E-state index contributed by atoms with van der Waals surface area (Å²) in [5, 5.41) is 3.44. The molecule has 3 nitrogen and oxygen atoms in total. The van der Waals surface area contributed by atoms with Gasteiger partial charge in [0.2, 0.25) is 0 Å². The molecule has 1 N–H and O–H groups in total. The topological polar surface area (TPSA) is 41.5 Å². The van der Waals surface area contributed by atoms with Crippen LogP contribution in [0.1, 0.15) is 16.7 Å². The van der Waals surface area contributed by atoms with Gasteiger partial charge in [0.25, 0.3) is 5.91 Å². The monoisotopic (exact) mass is 440 g/mol. The molecule has 0 atom stereocenters. The van der Waals surface area contributed by atoms with Gasteiger partial charge in [0.05, 0.1) is 16.4 Å². The Morgan fingerprint density at radius 2 is 1.86 bits per heavy atom. The fourth-order valence-corrected chi connectivity index (χ4v) is 3.26. The first-order valence-corrected chi connectivity index (χ1v) is 8.50. The van der Waals surface area contributed by atoms with Crippen LogP contribution in [0, 0.1) is 13.8 Å². The van der Waals surface area contributed by atoms with Crippen molar-refractivity contribution in [2.75, 3.05) is 5.32 Å². The summed E-state index contributed by atoms with van der Waals surface area (Å²) in [7, 11) is 0. The van der Waals surface area contributed by atoms with Crippen molar-refractivity contribution in [3.05, 3.63) is 54.9 Å². The van der Waals surface area contributed by atoms with Crippen LogP contribution < -0.4 is 5.32 Å². The molecule has 0 aromatic heterocycles. The lowest BCUT2D eigenvalue weighted by atomic mass is 10.1. The average Bonchev–Trinajstić information content (AvgIpc) is 2.78. The van der Waals surface area contributed by atoms with Crippen molar-refractivity contribution in [2.45, 2.75) is 13.8 Å². The summed E-state index contributed by atoms with van der Waals surface area (Å²) < 4.78 is 1.76. The Labute approximate surface area is 150 Å². The third-order valence-corrected chi connectivity index (χ3v) is 5.78. The minimum absolute atomic E-state index is 0.215. The van der Waals surface area contributed by atoms with Crippen molar-refractivity contribution >= 4 is 66.5 Å². The molecule has 0 aliphatic carbocycles. The number of carbonyl (C=O) groups is 1. The molecule has 0 bridgehead atoms. The summed E-state index contributed by atoms with van der Waals surface area (Å²) in [6, 6.07) is 7.55. The first-order chi connectivity index (χ1) is 10.4. The number of nitrogens with zero attached hydrogens (tertiary/aromatic N) is 1. The molecule has 6 heteroatoms. The molecule has 0 unspecified atom stereocenters. The molecular weight excluding hydrogens is 431 g/mol. The van der Waals surface area contributed by atoms with Crippen molar-refractivity contribution in [1.29, 1.82) is 0 Å². The van der Waals surface area contributed by atoms with Crippen molar-refractivity contribution in [1.82, 2.24) is 0 Å². The van der Waals surface area contributed by atoms with Crippen LogP contribution in [0.3, 0.4) is 0 Å². The number of hydrogen-bond acceptors (Lipinski definition) is 2. The SMILES string of the molecule is Cc1cc(N=C2C(=O)Nc3c2cc(Br)c(Cl)c3C)ccc1Br. The number of benzene rings is 2. The van der Waals surface area contributed by atoms with E-state index < -0.39 is 0 Å². The summed E-state index contributed by atoms with van der Waals surface area (Å²) in [6.07, 6.45) is 0. The molecule has 0 saturated heterocycles. The Hall–Kier alpha value is -1.17. The maximum atomic E-state index is 12.3. The second-order valence-corrected chi connectivity index (χ2v) is 7.15. The minimum atomic E-state index is -0.215. The van der Waals surface area contributed by atoms with Crippen LogP contribution in [-0.2, 0) is 4.79 Å². The van der Waals surface area contributed by atoms with Crippen molar-refractivity contribution in [3.63, 3.8) is 0 Å². The Morgan fingerprint density at radius 3 is 2.55 bits per heavy atom. The van der Waals surface area contributed by atoms with E-state index in [0.29, 0.717) is 10.7 Å². The smallest absolute Gasteiger partial charge is 0.275 e. The fourth-order valence-electron chi connectivity index (χ4n) is 2.33. The molecule has 0 spiro atoms. The van der Waals surface area contributed by atoms with Crippen molar-refractivity contribution in [3.8, 4) is 0 Å². The maximum absolute atomic E-state index is 12.3. The van der Waals surface area contributed by atoms with E-state index in [0.717, 1.165) is 37.0 Å². The number of hydrogen-bond donors (Lipinski definition) is 1. The standard InChI is InChI=1S/C16H11Br2ClN2O/c1-7-5-9(3-4-11(7)17)20-15-10-6-12(18)13(19)8(2)14(10)21-16(15)22/h3-6H,1-2H3,(H,20,21,22). The summed E-state index contributed by atoms with van der Waals surface area (Å²) >= 11 is 13.1. The molecule has 112 valence electrons. The van der Waals surface area contributed by atoms with E-state index in [1.807, 2.05) is 38.1 Å². The zero-order chi connectivity index (χ0) is 16.0. The maximum Gasteiger partial charge on any atom is 0.275 e. The molecule has 1 aliphatic heterocycles. The predicted molar refractivity (Wildman–Crippen MR) is 97.6 cm³/mol. The number of halogens is 3. The summed E-state index contributed by atoms with van der Waals surface area (Å²) in [5.74, 6) is -0.215. The van der Waals surface area contributed by atoms with Gasteiger partial charge in [-0.3, -0.25) is 4.79 Å². The number of rotatable bonds is 1. The number of nitrogens with one attached hydrogen (secondary N) is 1. The lowest BCUT2D eigenvalue weighted by Crippen LogP contribution is -2.14. The second kappa shape index (κ2) is 5.80. The van der Waals surface area contributed by atoms with Crippen molar-refractivity contribution in [2.24, 2.45) is 4.99 Å². The molecule has 3 rings (SSSR count). The van der Waals surface area contributed by atoms with E-state index >= 15 is 0 Å². The quantitative estimate of drug-likeness (QED) is 0.618. The second-order valence-electron chi connectivity index (χ2n) is 5.07. The molecule has 2 aromatic carbocycles. The number of aryl methyl sites for hydroxylation is 1. The molecule has 1 heterocycles. The van der Waals surface area contributed by atoms with Crippen LogP contribution in [0.5, 0.6) is 0 Å². The van der Waals surface area contributed by atoms with Gasteiger partial charge in [0.15, 0.2) is 0 Å². The zero-order valence-corrected chi connectivity index (χ0v) is 15.7. The van der Waals surface area contributed by atoms with E-state index in [1.54, 1.807) is 0 Å². The third kappa shape index (κ3) is 2.62. The lowest BCUT2D eigenvalue weighted by Gasteiger charge is -2.07. The lowest BCUT2D eigenvalue weighted by molar-refractivity contribution is -0.110. The first kappa shape index (κ1) is 15.7. The van der Waals surface area contributed by atoms with Crippen LogP contribution in [0.4, 0.5) is 11.4 Å². The molecule has 2 aromatic rings. The highest BCUT2D eigenvalue weighted by Crippen LogP contribution is 2.38. The summed E-state index contributed by atoms with van der Waals surface area (Å²) in [6.45, 7) is 3.86. The highest BCUT2D eigenvalue weighted by Gasteiger charge is 2.29. The van der Waals surface area contributed by atoms with Gasteiger partial charge in [-0.25, -0.2) is 4.99 Å². The molecule has 0 saturated carbocycles. The van der Waals surface area contributed by atoms with E-state index in [9.17, 15) is 4.79 Å². The number of amides is 1. The zero-order valence-electron chi connectivity index (χ0n) is 11.8. The van der Waals surface area contributed by atoms with Crippen LogP contribution >= 0.6 is 43.5 Å². The van der Waals surface area contributed by atoms with Gasteiger partial charge < -0.3 is 5.32 Å². The molecule has 22 heavy (non-hydrogen) atoms. The molecular formula is C16H11Br2ClN2O. The average molecular weight is 443 g/mol. The fraction of sp³-hybridized carbons (Fsp3) is 0.125. The van der Waals surface area contributed by atoms with Crippen LogP contribution in [0.25, 0.3) is 0 Å². The largest absolute Gasteiger partial charge is 0.320 e.